The number of carbonyl (C=O) groups excluding carboxylic acids is 1. The summed E-state index contributed by atoms with van der Waals surface area (Å²) in [5, 5.41) is 2.82. The van der Waals surface area contributed by atoms with Gasteiger partial charge in [0.05, 0.1) is 24.5 Å². The number of pyridine rings is 1. The van der Waals surface area contributed by atoms with Crippen molar-refractivity contribution in [3.8, 4) is 0 Å². The smallest absolute Gasteiger partial charge is 0.408 e. The van der Waals surface area contributed by atoms with E-state index in [0.717, 1.165) is 5.52 Å². The fraction of sp³-hybridized carbons (Fsp3) is 0.533. The zero-order valence-corrected chi connectivity index (χ0v) is 13.4. The lowest BCUT2D eigenvalue weighted by Gasteiger charge is -2.23. The van der Waals surface area contributed by atoms with Gasteiger partial charge in [0.25, 0.3) is 0 Å². The van der Waals surface area contributed by atoms with Crippen LogP contribution in [0.5, 0.6) is 0 Å². The maximum absolute atomic E-state index is 11.9. The molecule has 0 aliphatic rings. The monoisotopic (exact) mass is 306 g/mol. The maximum Gasteiger partial charge on any atom is 0.408 e. The number of ether oxygens (including phenoxy) is 2. The first-order chi connectivity index (χ1) is 10.4. The molecule has 2 aromatic heterocycles. The zero-order chi connectivity index (χ0) is 16.2. The summed E-state index contributed by atoms with van der Waals surface area (Å²) in [6.45, 7) is 6.38. The third-order valence-corrected chi connectivity index (χ3v) is 2.90. The van der Waals surface area contributed by atoms with Crippen molar-refractivity contribution >= 4 is 17.3 Å². The summed E-state index contributed by atoms with van der Waals surface area (Å²) in [6, 6.07) is 3.57. The van der Waals surface area contributed by atoms with E-state index in [0.29, 0.717) is 18.8 Å². The minimum absolute atomic E-state index is 0.225. The second-order valence-corrected chi connectivity index (χ2v) is 6.04. The lowest BCUT2D eigenvalue weighted by atomic mass is 10.2. The normalized spacial score (nSPS) is 13.1. The molecule has 0 saturated heterocycles. The predicted octanol–water partition coefficient (Wildman–Crippen LogP) is 1.97. The Morgan fingerprint density at radius 3 is 2.86 bits per heavy atom. The Bertz CT molecular complexity index is 633. The van der Waals surface area contributed by atoms with Crippen LogP contribution in [0.3, 0.4) is 0 Å². The third kappa shape index (κ3) is 4.42. The van der Waals surface area contributed by atoms with Crippen LogP contribution in [-0.2, 0) is 16.0 Å². The van der Waals surface area contributed by atoms with E-state index >= 15 is 0 Å². The number of aromatic nitrogens is 3. The molecule has 0 aliphatic heterocycles. The number of hydrogen-bond acceptors (Lipinski definition) is 5. The summed E-state index contributed by atoms with van der Waals surface area (Å²) >= 11 is 0. The van der Waals surface area contributed by atoms with Gasteiger partial charge in [-0.1, -0.05) is 0 Å². The first kappa shape index (κ1) is 16.2. The van der Waals surface area contributed by atoms with Gasteiger partial charge in [-0.3, -0.25) is 0 Å². The van der Waals surface area contributed by atoms with Crippen molar-refractivity contribution in [3.05, 3.63) is 24.7 Å². The Morgan fingerprint density at radius 2 is 2.18 bits per heavy atom. The summed E-state index contributed by atoms with van der Waals surface area (Å²) < 4.78 is 12.4. The van der Waals surface area contributed by atoms with Crippen LogP contribution < -0.4 is 5.32 Å². The van der Waals surface area contributed by atoms with Gasteiger partial charge in [-0.25, -0.2) is 14.8 Å². The van der Waals surface area contributed by atoms with E-state index < -0.39 is 11.7 Å². The molecule has 1 N–H and O–H groups in total. The molecular formula is C15H22N4O3. The van der Waals surface area contributed by atoms with Gasteiger partial charge in [-0.05, 0) is 32.9 Å². The highest BCUT2D eigenvalue weighted by Crippen LogP contribution is 2.11. The molecule has 7 nitrogen and oxygen atoms in total. The van der Waals surface area contributed by atoms with Crippen molar-refractivity contribution in [1.29, 1.82) is 0 Å². The molecule has 0 saturated carbocycles. The number of carbonyl (C=O) groups is 1. The van der Waals surface area contributed by atoms with E-state index in [9.17, 15) is 4.79 Å². The van der Waals surface area contributed by atoms with Crippen LogP contribution in [-0.4, -0.2) is 46.0 Å². The zero-order valence-electron chi connectivity index (χ0n) is 13.4. The molecule has 2 heterocycles. The molecule has 0 radical (unpaired) electrons. The summed E-state index contributed by atoms with van der Waals surface area (Å²) in [4.78, 5) is 20.3. The van der Waals surface area contributed by atoms with Crippen LogP contribution in [0.4, 0.5) is 4.79 Å². The molecule has 0 fully saturated rings. The second-order valence-electron chi connectivity index (χ2n) is 6.04. The summed E-state index contributed by atoms with van der Waals surface area (Å²) in [6.07, 6.45) is 2.94. The molecule has 0 spiro atoms. The Balaban J connectivity index is 2.07. The number of rotatable bonds is 5. The second kappa shape index (κ2) is 6.74. The molecule has 0 aliphatic carbocycles. The number of imidazole rings is 1. The van der Waals surface area contributed by atoms with E-state index in [1.807, 2.05) is 37.5 Å². The van der Waals surface area contributed by atoms with Crippen molar-refractivity contribution in [2.75, 3.05) is 13.7 Å². The average Bonchev–Trinajstić information content (AvgIpc) is 2.80. The number of nitrogens with zero attached hydrogens (tertiary/aromatic N) is 3. The number of fused-ring (bicyclic) bond motifs is 1. The van der Waals surface area contributed by atoms with Gasteiger partial charge in [0.1, 0.15) is 5.60 Å². The number of methoxy groups -OCH3 is 1. The Hall–Kier alpha value is -2.15. The molecule has 2 rings (SSSR count). The molecular weight excluding hydrogens is 284 g/mol. The first-order valence-electron chi connectivity index (χ1n) is 7.13. The number of amides is 1. The van der Waals surface area contributed by atoms with E-state index in [-0.39, 0.29) is 6.04 Å². The summed E-state index contributed by atoms with van der Waals surface area (Å²) in [5.74, 6) is 0. The minimum Gasteiger partial charge on any atom is -0.444 e. The van der Waals surface area contributed by atoms with E-state index in [2.05, 4.69) is 15.3 Å². The van der Waals surface area contributed by atoms with E-state index in [4.69, 9.17) is 9.47 Å². The molecule has 0 bridgehead atoms. The van der Waals surface area contributed by atoms with Gasteiger partial charge < -0.3 is 19.4 Å². The number of nitrogens with one attached hydrogen (secondary N) is 1. The Kier molecular flexibility index (Phi) is 4.97. The van der Waals surface area contributed by atoms with Gasteiger partial charge in [0, 0.05) is 19.9 Å². The fourth-order valence-corrected chi connectivity index (χ4v) is 2.10. The Labute approximate surface area is 129 Å². The van der Waals surface area contributed by atoms with Crippen molar-refractivity contribution in [3.63, 3.8) is 0 Å². The highest BCUT2D eigenvalue weighted by Gasteiger charge is 2.20. The van der Waals surface area contributed by atoms with Gasteiger partial charge >= 0.3 is 6.09 Å². The van der Waals surface area contributed by atoms with Crippen LogP contribution in [0.25, 0.3) is 11.2 Å². The van der Waals surface area contributed by atoms with Gasteiger partial charge in [-0.15, -0.1) is 0 Å². The standard InChI is InChI=1S/C15H22N4O3/c1-15(2,3)22-14(20)18-11(9-21-4)8-19-10-17-13-12(19)6-5-7-16-13/h5-7,10-11H,8-9H2,1-4H3,(H,18,20). The maximum atomic E-state index is 11.9. The SMILES string of the molecule is COCC(Cn1cnc2ncccc21)NC(=O)OC(C)(C)C. The number of alkyl carbamates (subject to hydrolysis) is 1. The summed E-state index contributed by atoms with van der Waals surface area (Å²) in [7, 11) is 1.59. The van der Waals surface area contributed by atoms with E-state index in [1.54, 1.807) is 19.6 Å². The Morgan fingerprint density at radius 1 is 1.41 bits per heavy atom. The van der Waals surface area contributed by atoms with Crippen molar-refractivity contribution in [2.24, 2.45) is 0 Å². The van der Waals surface area contributed by atoms with Gasteiger partial charge in [0.2, 0.25) is 0 Å². The van der Waals surface area contributed by atoms with Crippen molar-refractivity contribution in [2.45, 2.75) is 39.0 Å². The lowest BCUT2D eigenvalue weighted by molar-refractivity contribution is 0.0460. The molecule has 22 heavy (non-hydrogen) atoms. The molecule has 1 atom stereocenters. The predicted molar refractivity (Wildman–Crippen MR) is 82.6 cm³/mol. The van der Waals surface area contributed by atoms with Crippen LogP contribution in [0.2, 0.25) is 0 Å². The average molecular weight is 306 g/mol. The highest BCUT2D eigenvalue weighted by molar-refractivity contribution is 5.70. The summed E-state index contributed by atoms with van der Waals surface area (Å²) in [5.41, 5.74) is 1.05. The third-order valence-electron chi connectivity index (χ3n) is 2.90. The van der Waals surface area contributed by atoms with Crippen LogP contribution in [0.15, 0.2) is 24.7 Å². The molecule has 7 heteroatoms. The largest absolute Gasteiger partial charge is 0.444 e. The topological polar surface area (TPSA) is 78.3 Å². The van der Waals surface area contributed by atoms with E-state index in [1.165, 1.54) is 0 Å². The molecule has 2 aromatic rings. The molecule has 1 unspecified atom stereocenters. The van der Waals surface area contributed by atoms with Crippen molar-refractivity contribution < 1.29 is 14.3 Å². The molecule has 1 amide bonds. The van der Waals surface area contributed by atoms with Gasteiger partial charge in [-0.2, -0.15) is 0 Å². The van der Waals surface area contributed by atoms with Gasteiger partial charge in [0.15, 0.2) is 5.65 Å². The minimum atomic E-state index is -0.534. The molecule has 0 aromatic carbocycles. The van der Waals surface area contributed by atoms with Crippen LogP contribution >= 0.6 is 0 Å². The lowest BCUT2D eigenvalue weighted by Crippen LogP contribution is -2.43. The molecule has 120 valence electrons. The fourth-order valence-electron chi connectivity index (χ4n) is 2.10. The highest BCUT2D eigenvalue weighted by atomic mass is 16.6. The number of hydrogen-bond donors (Lipinski definition) is 1. The van der Waals surface area contributed by atoms with Crippen molar-refractivity contribution in [1.82, 2.24) is 19.9 Å². The van der Waals surface area contributed by atoms with Crippen LogP contribution in [0.1, 0.15) is 20.8 Å². The quantitative estimate of drug-likeness (QED) is 0.913. The first-order valence-corrected chi connectivity index (χ1v) is 7.13. The van der Waals surface area contributed by atoms with Crippen LogP contribution in [0, 0.1) is 0 Å².